The molecular formula is C16H18N2O. The van der Waals surface area contributed by atoms with E-state index in [1.54, 1.807) is 0 Å². The third-order valence-electron chi connectivity index (χ3n) is 2.98. The van der Waals surface area contributed by atoms with Crippen molar-refractivity contribution in [3.63, 3.8) is 0 Å². The first kappa shape index (κ1) is 13.1. The van der Waals surface area contributed by atoms with Crippen LogP contribution in [0.1, 0.15) is 24.8 Å². The van der Waals surface area contributed by atoms with Crippen LogP contribution in [0.2, 0.25) is 0 Å². The fourth-order valence-corrected chi connectivity index (χ4v) is 1.89. The van der Waals surface area contributed by atoms with Crippen molar-refractivity contribution in [1.29, 1.82) is 0 Å². The van der Waals surface area contributed by atoms with Gasteiger partial charge in [-0.1, -0.05) is 55.5 Å². The highest BCUT2D eigenvalue weighted by Gasteiger charge is 2.10. The Morgan fingerprint density at radius 1 is 1.00 bits per heavy atom. The molecule has 0 saturated heterocycles. The SMILES string of the molecule is CC(CC(=O)NNc1ccccc1)c1ccccc1. The summed E-state index contributed by atoms with van der Waals surface area (Å²) in [6.45, 7) is 2.05. The number of benzene rings is 2. The molecule has 0 bridgehead atoms. The first-order valence-corrected chi connectivity index (χ1v) is 6.40. The number of amides is 1. The molecule has 0 saturated carbocycles. The molecule has 1 unspecified atom stereocenters. The number of hydrogen-bond acceptors (Lipinski definition) is 2. The largest absolute Gasteiger partial charge is 0.299 e. The zero-order valence-electron chi connectivity index (χ0n) is 11.0. The van der Waals surface area contributed by atoms with E-state index in [1.165, 1.54) is 5.56 Å². The molecule has 0 aliphatic carbocycles. The number of hydrazine groups is 1. The van der Waals surface area contributed by atoms with Crippen molar-refractivity contribution in [2.45, 2.75) is 19.3 Å². The molecule has 0 heterocycles. The lowest BCUT2D eigenvalue weighted by molar-refractivity contribution is -0.120. The van der Waals surface area contributed by atoms with E-state index >= 15 is 0 Å². The predicted octanol–water partition coefficient (Wildman–Crippen LogP) is 3.32. The van der Waals surface area contributed by atoms with Crippen LogP contribution in [-0.4, -0.2) is 5.91 Å². The number of carbonyl (C=O) groups is 1. The van der Waals surface area contributed by atoms with E-state index in [0.29, 0.717) is 6.42 Å². The number of nitrogens with one attached hydrogen (secondary N) is 2. The minimum atomic E-state index is -0.0137. The molecule has 1 amide bonds. The number of hydrogen-bond donors (Lipinski definition) is 2. The van der Waals surface area contributed by atoms with E-state index < -0.39 is 0 Å². The Balaban J connectivity index is 1.82. The van der Waals surface area contributed by atoms with Gasteiger partial charge in [-0.2, -0.15) is 0 Å². The number of carbonyl (C=O) groups excluding carboxylic acids is 1. The molecule has 0 fully saturated rings. The van der Waals surface area contributed by atoms with Gasteiger partial charge in [0, 0.05) is 6.42 Å². The van der Waals surface area contributed by atoms with Gasteiger partial charge < -0.3 is 0 Å². The highest BCUT2D eigenvalue weighted by molar-refractivity contribution is 5.78. The fourth-order valence-electron chi connectivity index (χ4n) is 1.89. The first-order valence-electron chi connectivity index (χ1n) is 6.40. The molecule has 0 aliphatic heterocycles. The Labute approximate surface area is 113 Å². The maximum atomic E-state index is 11.8. The average Bonchev–Trinajstić information content (AvgIpc) is 2.47. The second kappa shape index (κ2) is 6.59. The van der Waals surface area contributed by atoms with Crippen LogP contribution >= 0.6 is 0 Å². The van der Waals surface area contributed by atoms with Crippen LogP contribution in [0.4, 0.5) is 5.69 Å². The van der Waals surface area contributed by atoms with Crippen LogP contribution in [0, 0.1) is 0 Å². The third-order valence-corrected chi connectivity index (χ3v) is 2.98. The van der Waals surface area contributed by atoms with E-state index in [-0.39, 0.29) is 11.8 Å². The molecule has 2 N–H and O–H groups in total. The Morgan fingerprint density at radius 3 is 2.21 bits per heavy atom. The van der Waals surface area contributed by atoms with Gasteiger partial charge >= 0.3 is 0 Å². The molecule has 2 aromatic carbocycles. The minimum Gasteiger partial charge on any atom is -0.299 e. The number of para-hydroxylation sites is 1. The van der Waals surface area contributed by atoms with Crippen LogP contribution in [0.3, 0.4) is 0 Å². The lowest BCUT2D eigenvalue weighted by atomic mass is 9.98. The molecule has 19 heavy (non-hydrogen) atoms. The predicted molar refractivity (Wildman–Crippen MR) is 77.7 cm³/mol. The van der Waals surface area contributed by atoms with Crippen LogP contribution in [-0.2, 0) is 4.79 Å². The standard InChI is InChI=1S/C16H18N2O/c1-13(14-8-4-2-5-9-14)12-16(19)18-17-15-10-6-3-7-11-15/h2-11,13,17H,12H2,1H3,(H,18,19). The summed E-state index contributed by atoms with van der Waals surface area (Å²) in [7, 11) is 0. The molecule has 0 radical (unpaired) electrons. The number of anilines is 1. The van der Waals surface area contributed by atoms with Crippen LogP contribution in [0.15, 0.2) is 60.7 Å². The molecule has 0 aromatic heterocycles. The lowest BCUT2D eigenvalue weighted by Gasteiger charge is -2.13. The van der Waals surface area contributed by atoms with Gasteiger partial charge in [-0.25, -0.2) is 0 Å². The highest BCUT2D eigenvalue weighted by Crippen LogP contribution is 2.18. The van der Waals surface area contributed by atoms with E-state index in [1.807, 2.05) is 60.7 Å². The highest BCUT2D eigenvalue weighted by atomic mass is 16.2. The van der Waals surface area contributed by atoms with Crippen LogP contribution in [0.25, 0.3) is 0 Å². The first-order chi connectivity index (χ1) is 9.25. The molecule has 1 atom stereocenters. The summed E-state index contributed by atoms with van der Waals surface area (Å²) in [5, 5.41) is 0. The van der Waals surface area contributed by atoms with E-state index in [0.717, 1.165) is 5.69 Å². The van der Waals surface area contributed by atoms with Gasteiger partial charge in [0.25, 0.3) is 0 Å². The monoisotopic (exact) mass is 254 g/mol. The quantitative estimate of drug-likeness (QED) is 0.804. The summed E-state index contributed by atoms with van der Waals surface area (Å²) < 4.78 is 0. The average molecular weight is 254 g/mol. The Hall–Kier alpha value is -2.29. The molecule has 0 spiro atoms. The fraction of sp³-hybridized carbons (Fsp3) is 0.188. The molecule has 2 rings (SSSR count). The zero-order chi connectivity index (χ0) is 13.5. The van der Waals surface area contributed by atoms with Crippen LogP contribution < -0.4 is 10.9 Å². The van der Waals surface area contributed by atoms with Crippen molar-refractivity contribution in [2.24, 2.45) is 0 Å². The van der Waals surface area contributed by atoms with Crippen LogP contribution in [0.5, 0.6) is 0 Å². The van der Waals surface area contributed by atoms with Gasteiger partial charge in [-0.3, -0.25) is 15.6 Å². The molecule has 3 heteroatoms. The van der Waals surface area contributed by atoms with Crippen molar-refractivity contribution in [3.8, 4) is 0 Å². The smallest absolute Gasteiger partial charge is 0.238 e. The summed E-state index contributed by atoms with van der Waals surface area (Å²) in [5.74, 6) is 0.193. The second-order valence-electron chi connectivity index (χ2n) is 4.56. The molecular weight excluding hydrogens is 236 g/mol. The van der Waals surface area contributed by atoms with Gasteiger partial charge in [-0.15, -0.1) is 0 Å². The van der Waals surface area contributed by atoms with E-state index in [9.17, 15) is 4.79 Å². The minimum absolute atomic E-state index is 0.0137. The summed E-state index contributed by atoms with van der Waals surface area (Å²) >= 11 is 0. The Morgan fingerprint density at radius 2 is 1.58 bits per heavy atom. The summed E-state index contributed by atoms with van der Waals surface area (Å²) in [4.78, 5) is 11.8. The topological polar surface area (TPSA) is 41.1 Å². The van der Waals surface area contributed by atoms with Gasteiger partial charge in [0.2, 0.25) is 5.91 Å². The maximum Gasteiger partial charge on any atom is 0.238 e. The second-order valence-corrected chi connectivity index (χ2v) is 4.56. The van der Waals surface area contributed by atoms with Gasteiger partial charge in [-0.05, 0) is 23.6 Å². The summed E-state index contributed by atoms with van der Waals surface area (Å²) in [6.07, 6.45) is 0.462. The molecule has 98 valence electrons. The maximum absolute atomic E-state index is 11.8. The summed E-state index contributed by atoms with van der Waals surface area (Å²) in [5.41, 5.74) is 7.67. The Bertz CT molecular complexity index is 511. The van der Waals surface area contributed by atoms with Crippen molar-refractivity contribution >= 4 is 11.6 Å². The Kier molecular flexibility index (Phi) is 4.56. The molecule has 0 aliphatic rings. The van der Waals surface area contributed by atoms with Crippen molar-refractivity contribution in [1.82, 2.24) is 5.43 Å². The van der Waals surface area contributed by atoms with Gasteiger partial charge in [0.1, 0.15) is 0 Å². The third kappa shape index (κ3) is 4.14. The lowest BCUT2D eigenvalue weighted by Crippen LogP contribution is -2.30. The van der Waals surface area contributed by atoms with E-state index in [4.69, 9.17) is 0 Å². The summed E-state index contributed by atoms with van der Waals surface area (Å²) in [6, 6.07) is 19.6. The van der Waals surface area contributed by atoms with Crippen molar-refractivity contribution in [2.75, 3.05) is 5.43 Å². The number of rotatable bonds is 5. The van der Waals surface area contributed by atoms with Crippen molar-refractivity contribution in [3.05, 3.63) is 66.2 Å². The van der Waals surface area contributed by atoms with E-state index in [2.05, 4.69) is 17.8 Å². The molecule has 3 nitrogen and oxygen atoms in total. The normalized spacial score (nSPS) is 11.6. The van der Waals surface area contributed by atoms with Crippen molar-refractivity contribution < 1.29 is 4.79 Å². The zero-order valence-corrected chi connectivity index (χ0v) is 11.0. The van der Waals surface area contributed by atoms with Gasteiger partial charge in [0.15, 0.2) is 0 Å². The van der Waals surface area contributed by atoms with Gasteiger partial charge in [0.05, 0.1) is 5.69 Å². The molecule has 2 aromatic rings.